The monoisotopic (exact) mass is 588 g/mol. The van der Waals surface area contributed by atoms with Crippen LogP contribution in [0.2, 0.25) is 0 Å². The first-order chi connectivity index (χ1) is 13.8. The number of hydrogen-bond donors (Lipinski definition) is 0. The van der Waals surface area contributed by atoms with Gasteiger partial charge in [-0.05, 0) is 89.6 Å². The number of aryl methyl sites for hydroxylation is 1. The predicted octanol–water partition coefficient (Wildman–Crippen LogP) is 6.16. The van der Waals surface area contributed by atoms with E-state index in [2.05, 4.69) is 92.8 Å². The van der Waals surface area contributed by atoms with E-state index in [9.17, 15) is 0 Å². The Hall–Kier alpha value is -0.600. The molecule has 0 aliphatic carbocycles. The summed E-state index contributed by atoms with van der Waals surface area (Å²) in [5, 5.41) is 0. The molecule has 0 radical (unpaired) electrons. The maximum atomic E-state index is 5.96. The predicted molar refractivity (Wildman–Crippen MR) is 123 cm³/mol. The van der Waals surface area contributed by atoms with E-state index in [1.54, 1.807) is 0 Å². The summed E-state index contributed by atoms with van der Waals surface area (Å²) in [6, 6.07) is 8.61. The quantitative estimate of drug-likeness (QED) is 0.345. The van der Waals surface area contributed by atoms with E-state index in [0.29, 0.717) is 13.2 Å². The average Bonchev–Trinajstić information content (AvgIpc) is 3.54. The molecule has 4 rings (SSSR count). The topological polar surface area (TPSA) is 43.5 Å². The van der Waals surface area contributed by atoms with Gasteiger partial charge in [-0.25, -0.2) is 0 Å². The zero-order valence-electron chi connectivity index (χ0n) is 16.6. The van der Waals surface area contributed by atoms with Crippen molar-refractivity contribution in [1.29, 1.82) is 0 Å². The van der Waals surface area contributed by atoms with Crippen molar-refractivity contribution >= 4 is 47.8 Å². The number of epoxide rings is 2. The van der Waals surface area contributed by atoms with Crippen molar-refractivity contribution in [3.63, 3.8) is 0 Å². The van der Waals surface area contributed by atoms with Crippen LogP contribution in [0.15, 0.2) is 37.7 Å². The SMILES string of the molecule is Cc1cc(C(C)(C)c2cc(Br)c(OCC3CO3)c(Br)c2)cc(Br)c1OCC1CO1. The van der Waals surface area contributed by atoms with E-state index in [-0.39, 0.29) is 17.6 Å². The molecule has 2 aliphatic rings. The van der Waals surface area contributed by atoms with Gasteiger partial charge in [-0.15, -0.1) is 0 Å². The van der Waals surface area contributed by atoms with Crippen LogP contribution in [-0.2, 0) is 14.9 Å². The van der Waals surface area contributed by atoms with Crippen LogP contribution in [0.1, 0.15) is 30.5 Å². The van der Waals surface area contributed by atoms with Gasteiger partial charge in [0.15, 0.2) is 0 Å². The van der Waals surface area contributed by atoms with E-state index in [0.717, 1.165) is 43.7 Å². The summed E-state index contributed by atoms with van der Waals surface area (Å²) in [6.07, 6.45) is 0.455. The number of ether oxygens (including phenoxy) is 4. The third-order valence-corrected chi connectivity index (χ3v) is 7.07. The van der Waals surface area contributed by atoms with Gasteiger partial charge in [-0.3, -0.25) is 0 Å². The molecule has 2 unspecified atom stereocenters. The first kappa shape index (κ1) is 21.6. The summed E-state index contributed by atoms with van der Waals surface area (Å²) in [4.78, 5) is 0. The van der Waals surface area contributed by atoms with Gasteiger partial charge in [-0.2, -0.15) is 0 Å². The number of rotatable bonds is 8. The van der Waals surface area contributed by atoms with Crippen molar-refractivity contribution in [2.45, 2.75) is 38.4 Å². The second-order valence-corrected chi connectivity index (χ2v) is 10.6. The molecular weight excluding hydrogens is 568 g/mol. The molecule has 4 nitrogen and oxygen atoms in total. The second-order valence-electron chi connectivity index (χ2n) is 8.03. The molecule has 0 aromatic heterocycles. The Labute approximate surface area is 196 Å². The molecule has 0 amide bonds. The lowest BCUT2D eigenvalue weighted by atomic mass is 9.77. The van der Waals surface area contributed by atoms with Gasteiger partial charge in [-0.1, -0.05) is 19.9 Å². The average molecular weight is 591 g/mol. The molecule has 2 saturated heterocycles. The van der Waals surface area contributed by atoms with Crippen molar-refractivity contribution in [1.82, 2.24) is 0 Å². The largest absolute Gasteiger partial charge is 0.489 e. The second kappa shape index (κ2) is 8.50. The Bertz CT molecular complexity index is 801. The van der Waals surface area contributed by atoms with Crippen molar-refractivity contribution in [3.8, 4) is 11.5 Å². The molecule has 29 heavy (non-hydrogen) atoms. The van der Waals surface area contributed by atoms with Crippen LogP contribution < -0.4 is 9.47 Å². The van der Waals surface area contributed by atoms with Crippen LogP contribution in [0.5, 0.6) is 11.5 Å². The maximum absolute atomic E-state index is 5.96. The van der Waals surface area contributed by atoms with E-state index >= 15 is 0 Å². The zero-order valence-corrected chi connectivity index (χ0v) is 21.3. The molecule has 2 aromatic rings. The van der Waals surface area contributed by atoms with Crippen molar-refractivity contribution in [3.05, 3.63) is 54.4 Å². The van der Waals surface area contributed by atoms with Crippen LogP contribution in [0, 0.1) is 6.92 Å². The van der Waals surface area contributed by atoms with Crippen LogP contribution in [0.25, 0.3) is 0 Å². The lowest BCUT2D eigenvalue weighted by Crippen LogP contribution is -2.20. The Kier molecular flexibility index (Phi) is 6.34. The number of benzene rings is 2. The van der Waals surface area contributed by atoms with E-state index < -0.39 is 0 Å². The van der Waals surface area contributed by atoms with E-state index in [4.69, 9.17) is 18.9 Å². The molecule has 2 heterocycles. The molecule has 0 N–H and O–H groups in total. The molecule has 2 fully saturated rings. The highest BCUT2D eigenvalue weighted by atomic mass is 79.9. The fourth-order valence-electron chi connectivity index (χ4n) is 3.18. The van der Waals surface area contributed by atoms with Gasteiger partial charge in [0, 0.05) is 5.41 Å². The molecule has 0 spiro atoms. The lowest BCUT2D eigenvalue weighted by molar-refractivity contribution is 0.260. The maximum Gasteiger partial charge on any atom is 0.147 e. The molecule has 0 saturated carbocycles. The Morgan fingerprint density at radius 2 is 1.24 bits per heavy atom. The van der Waals surface area contributed by atoms with Gasteiger partial charge in [0.25, 0.3) is 0 Å². The molecule has 7 heteroatoms. The van der Waals surface area contributed by atoms with Crippen LogP contribution in [0.3, 0.4) is 0 Å². The highest BCUT2D eigenvalue weighted by Gasteiger charge is 2.29. The first-order valence-electron chi connectivity index (χ1n) is 9.54. The van der Waals surface area contributed by atoms with Crippen LogP contribution in [-0.4, -0.2) is 38.6 Å². The number of hydrogen-bond acceptors (Lipinski definition) is 4. The summed E-state index contributed by atoms with van der Waals surface area (Å²) in [5.41, 5.74) is 3.27. The van der Waals surface area contributed by atoms with Crippen molar-refractivity contribution in [2.24, 2.45) is 0 Å². The molecule has 2 atom stereocenters. The van der Waals surface area contributed by atoms with Gasteiger partial charge >= 0.3 is 0 Å². The fourth-order valence-corrected chi connectivity index (χ4v) is 5.27. The lowest BCUT2D eigenvalue weighted by Gasteiger charge is -2.28. The highest BCUT2D eigenvalue weighted by Crippen LogP contribution is 2.43. The molecule has 0 bridgehead atoms. The fraction of sp³-hybridized carbons (Fsp3) is 0.455. The molecule has 2 aliphatic heterocycles. The van der Waals surface area contributed by atoms with Gasteiger partial charge in [0.2, 0.25) is 0 Å². The minimum absolute atomic E-state index is 0.214. The smallest absolute Gasteiger partial charge is 0.147 e. The van der Waals surface area contributed by atoms with E-state index in [1.165, 1.54) is 11.1 Å². The van der Waals surface area contributed by atoms with Crippen molar-refractivity contribution in [2.75, 3.05) is 26.4 Å². The Balaban J connectivity index is 1.59. The molecule has 2 aromatic carbocycles. The van der Waals surface area contributed by atoms with Gasteiger partial charge < -0.3 is 18.9 Å². The minimum atomic E-state index is -0.214. The summed E-state index contributed by atoms with van der Waals surface area (Å²) in [6.45, 7) is 9.26. The third-order valence-electron chi connectivity index (χ3n) is 5.30. The minimum Gasteiger partial charge on any atom is -0.489 e. The van der Waals surface area contributed by atoms with E-state index in [1.807, 2.05) is 0 Å². The van der Waals surface area contributed by atoms with Gasteiger partial charge in [0.05, 0.1) is 26.6 Å². The summed E-state index contributed by atoms with van der Waals surface area (Å²) < 4.78 is 25.2. The Morgan fingerprint density at radius 1 is 0.828 bits per heavy atom. The van der Waals surface area contributed by atoms with Gasteiger partial charge in [0.1, 0.15) is 36.9 Å². The van der Waals surface area contributed by atoms with Crippen LogP contribution in [0.4, 0.5) is 0 Å². The number of halogens is 3. The molecular formula is C22H23Br3O4. The van der Waals surface area contributed by atoms with Crippen molar-refractivity contribution < 1.29 is 18.9 Å². The summed E-state index contributed by atoms with van der Waals surface area (Å²) in [5.74, 6) is 1.69. The summed E-state index contributed by atoms with van der Waals surface area (Å²) >= 11 is 11.1. The standard InChI is InChI=1S/C22H23Br3O4/c1-12-4-13(5-17(23)20(12)28-10-15-8-26-15)22(2,3)14-6-18(24)21(19(25)7-14)29-11-16-9-27-16/h4-7,15-16H,8-11H2,1-3H3. The highest BCUT2D eigenvalue weighted by molar-refractivity contribution is 9.11. The van der Waals surface area contributed by atoms with Crippen LogP contribution >= 0.6 is 47.8 Å². The third kappa shape index (κ3) is 5.01. The normalized spacial score (nSPS) is 20.5. The summed E-state index contributed by atoms with van der Waals surface area (Å²) in [7, 11) is 0. The first-order valence-corrected chi connectivity index (χ1v) is 11.9. The Morgan fingerprint density at radius 3 is 1.69 bits per heavy atom. The molecule has 156 valence electrons. The zero-order chi connectivity index (χ0) is 20.8.